The predicted octanol–water partition coefficient (Wildman–Crippen LogP) is 3.69. The van der Waals surface area contributed by atoms with Gasteiger partial charge in [-0.25, -0.2) is 4.39 Å². The number of guanidine groups is 1. The number of nitrogens with zero attached hydrogens (tertiary/aromatic N) is 2. The summed E-state index contributed by atoms with van der Waals surface area (Å²) in [6, 6.07) is 13.7. The smallest absolute Gasteiger partial charge is 0.191 e. The zero-order chi connectivity index (χ0) is 20.5. The summed E-state index contributed by atoms with van der Waals surface area (Å²) < 4.78 is 18.8. The van der Waals surface area contributed by atoms with Gasteiger partial charge in [0.05, 0.1) is 7.11 Å². The Morgan fingerprint density at radius 3 is 2.21 bits per heavy atom. The van der Waals surface area contributed by atoms with Crippen molar-refractivity contribution < 1.29 is 9.13 Å². The summed E-state index contributed by atoms with van der Waals surface area (Å²) in [5.74, 6) is 0.568. The van der Waals surface area contributed by atoms with Crippen LogP contribution >= 0.6 is 0 Å². The molecule has 1 aliphatic rings. The maximum absolute atomic E-state index is 13.8. The van der Waals surface area contributed by atoms with Crippen molar-refractivity contribution in [2.24, 2.45) is 4.99 Å². The molecule has 1 fully saturated rings. The van der Waals surface area contributed by atoms with E-state index in [2.05, 4.69) is 44.8 Å². The normalized spacial score (nSPS) is 15.2. The third kappa shape index (κ3) is 6.46. The fourth-order valence-corrected chi connectivity index (χ4v) is 3.55. The number of hydrogen-bond donors (Lipinski definition) is 2. The van der Waals surface area contributed by atoms with Crippen LogP contribution in [0, 0.1) is 5.82 Å². The summed E-state index contributed by atoms with van der Waals surface area (Å²) >= 11 is 0. The van der Waals surface area contributed by atoms with Crippen molar-refractivity contribution in [2.75, 3.05) is 27.2 Å². The van der Waals surface area contributed by atoms with E-state index in [0.29, 0.717) is 19.0 Å². The van der Waals surface area contributed by atoms with Gasteiger partial charge < -0.3 is 15.4 Å². The second-order valence-electron chi connectivity index (χ2n) is 7.40. The van der Waals surface area contributed by atoms with Gasteiger partial charge in [-0.1, -0.05) is 36.8 Å². The molecule has 0 aliphatic carbocycles. The van der Waals surface area contributed by atoms with Crippen LogP contribution in [0.2, 0.25) is 0 Å². The monoisotopic (exact) mass is 398 g/mol. The Morgan fingerprint density at radius 2 is 1.59 bits per heavy atom. The fraction of sp³-hybridized carbons (Fsp3) is 0.435. The van der Waals surface area contributed by atoms with Crippen LogP contribution in [0.4, 0.5) is 4.39 Å². The first kappa shape index (κ1) is 21.1. The lowest BCUT2D eigenvalue weighted by atomic mass is 10.1. The minimum absolute atomic E-state index is 0.250. The Bertz CT molecular complexity index is 801. The van der Waals surface area contributed by atoms with Crippen molar-refractivity contribution in [1.82, 2.24) is 15.5 Å². The van der Waals surface area contributed by atoms with Crippen LogP contribution in [0.3, 0.4) is 0 Å². The molecule has 1 aliphatic heterocycles. The molecule has 3 rings (SSSR count). The van der Waals surface area contributed by atoms with Crippen molar-refractivity contribution in [3.05, 3.63) is 65.0 Å². The highest BCUT2D eigenvalue weighted by Gasteiger charge is 2.10. The van der Waals surface area contributed by atoms with Gasteiger partial charge >= 0.3 is 0 Å². The Kier molecular flexibility index (Phi) is 7.87. The van der Waals surface area contributed by atoms with Crippen molar-refractivity contribution in [2.45, 2.75) is 38.9 Å². The molecule has 0 unspecified atom stereocenters. The quantitative estimate of drug-likeness (QED) is 0.552. The lowest BCUT2D eigenvalue weighted by molar-refractivity contribution is 0.221. The molecule has 0 bridgehead atoms. The minimum atomic E-state index is -0.362. The molecular weight excluding hydrogens is 367 g/mol. The largest absolute Gasteiger partial charge is 0.494 e. The minimum Gasteiger partial charge on any atom is -0.494 e. The highest BCUT2D eigenvalue weighted by molar-refractivity contribution is 5.79. The van der Waals surface area contributed by atoms with Crippen LogP contribution in [0.15, 0.2) is 47.5 Å². The Morgan fingerprint density at radius 1 is 0.966 bits per heavy atom. The second-order valence-corrected chi connectivity index (χ2v) is 7.40. The van der Waals surface area contributed by atoms with Gasteiger partial charge in [-0.2, -0.15) is 0 Å². The van der Waals surface area contributed by atoms with Gasteiger partial charge in [0.25, 0.3) is 0 Å². The maximum atomic E-state index is 13.8. The number of benzene rings is 2. The van der Waals surface area contributed by atoms with Gasteiger partial charge in [-0.05, 0) is 54.8 Å². The van der Waals surface area contributed by atoms with E-state index in [4.69, 9.17) is 4.74 Å². The van der Waals surface area contributed by atoms with Crippen molar-refractivity contribution in [1.29, 1.82) is 0 Å². The number of rotatable bonds is 7. The van der Waals surface area contributed by atoms with E-state index in [1.807, 2.05) is 6.07 Å². The maximum Gasteiger partial charge on any atom is 0.191 e. The molecule has 2 N–H and O–H groups in total. The SMILES string of the molecule is CN=C(NCc1ccc(CN2CCCCC2)cc1)NCc1ccc(OC)c(F)c1. The van der Waals surface area contributed by atoms with Crippen molar-refractivity contribution in [3.63, 3.8) is 0 Å². The Hall–Kier alpha value is -2.60. The average molecular weight is 399 g/mol. The molecule has 2 aromatic rings. The molecule has 5 nitrogen and oxygen atoms in total. The van der Waals surface area contributed by atoms with E-state index >= 15 is 0 Å². The molecule has 1 heterocycles. The van der Waals surface area contributed by atoms with Crippen LogP contribution < -0.4 is 15.4 Å². The lowest BCUT2D eigenvalue weighted by Crippen LogP contribution is -2.36. The number of methoxy groups -OCH3 is 1. The highest BCUT2D eigenvalue weighted by atomic mass is 19.1. The molecule has 6 heteroatoms. The third-order valence-electron chi connectivity index (χ3n) is 5.24. The summed E-state index contributed by atoms with van der Waals surface area (Å²) in [6.07, 6.45) is 4.00. The first-order chi connectivity index (χ1) is 14.2. The van der Waals surface area contributed by atoms with Crippen LogP contribution in [0.25, 0.3) is 0 Å². The van der Waals surface area contributed by atoms with Crippen LogP contribution in [0.1, 0.15) is 36.0 Å². The molecular formula is C23H31FN4O. The van der Waals surface area contributed by atoms with E-state index in [0.717, 1.165) is 12.1 Å². The topological polar surface area (TPSA) is 48.9 Å². The molecule has 156 valence electrons. The summed E-state index contributed by atoms with van der Waals surface area (Å²) in [6.45, 7) is 4.62. The zero-order valence-corrected chi connectivity index (χ0v) is 17.4. The molecule has 2 aromatic carbocycles. The van der Waals surface area contributed by atoms with Crippen molar-refractivity contribution in [3.8, 4) is 5.75 Å². The molecule has 0 saturated carbocycles. The standard InChI is InChI=1S/C23H31FN4O/c1-25-23(27-16-20-10-11-22(29-2)21(24)14-20)26-15-18-6-8-19(9-7-18)17-28-12-4-3-5-13-28/h6-11,14H,3-5,12-13,15-17H2,1-2H3,(H2,25,26,27). The summed E-state index contributed by atoms with van der Waals surface area (Å²) in [4.78, 5) is 6.77. The summed E-state index contributed by atoms with van der Waals surface area (Å²) in [7, 11) is 3.19. The van der Waals surface area contributed by atoms with Crippen molar-refractivity contribution >= 4 is 5.96 Å². The van der Waals surface area contributed by atoms with E-state index in [1.54, 1.807) is 13.1 Å². The van der Waals surface area contributed by atoms with Gasteiger partial charge in [-0.15, -0.1) is 0 Å². The van der Waals surface area contributed by atoms with Crippen LogP contribution in [-0.4, -0.2) is 38.1 Å². The number of aliphatic imine (C=N–C) groups is 1. The second kappa shape index (κ2) is 10.8. The average Bonchev–Trinajstić information content (AvgIpc) is 2.76. The molecule has 0 amide bonds. The Balaban J connectivity index is 1.45. The molecule has 0 spiro atoms. The first-order valence-corrected chi connectivity index (χ1v) is 10.2. The number of ether oxygens (including phenoxy) is 1. The number of halogens is 1. The Labute approximate surface area is 173 Å². The summed E-state index contributed by atoms with van der Waals surface area (Å²) in [5.41, 5.74) is 3.39. The van der Waals surface area contributed by atoms with Gasteiger partial charge in [0.1, 0.15) is 0 Å². The number of hydrogen-bond acceptors (Lipinski definition) is 3. The fourth-order valence-electron chi connectivity index (χ4n) is 3.55. The summed E-state index contributed by atoms with van der Waals surface area (Å²) in [5, 5.41) is 6.51. The predicted molar refractivity (Wildman–Crippen MR) is 116 cm³/mol. The van der Waals surface area contributed by atoms with Crippen LogP contribution in [0.5, 0.6) is 5.75 Å². The zero-order valence-electron chi connectivity index (χ0n) is 17.4. The molecule has 29 heavy (non-hydrogen) atoms. The van der Waals surface area contributed by atoms with Gasteiger partial charge in [0, 0.05) is 26.7 Å². The molecule has 0 atom stereocenters. The lowest BCUT2D eigenvalue weighted by Gasteiger charge is -2.26. The first-order valence-electron chi connectivity index (χ1n) is 10.2. The number of piperidine rings is 1. The van der Waals surface area contributed by atoms with E-state index in [1.165, 1.54) is 56.7 Å². The molecule has 0 radical (unpaired) electrons. The number of nitrogens with one attached hydrogen (secondary N) is 2. The highest BCUT2D eigenvalue weighted by Crippen LogP contribution is 2.17. The van der Waals surface area contributed by atoms with Gasteiger partial charge in [-0.3, -0.25) is 9.89 Å². The van der Waals surface area contributed by atoms with E-state index in [9.17, 15) is 4.39 Å². The third-order valence-corrected chi connectivity index (χ3v) is 5.24. The molecule has 0 aromatic heterocycles. The van der Waals surface area contributed by atoms with Gasteiger partial charge in [0.15, 0.2) is 17.5 Å². The van der Waals surface area contributed by atoms with E-state index < -0.39 is 0 Å². The van der Waals surface area contributed by atoms with Gasteiger partial charge in [0.2, 0.25) is 0 Å². The van der Waals surface area contributed by atoms with Crippen LogP contribution in [-0.2, 0) is 19.6 Å². The number of likely N-dealkylation sites (tertiary alicyclic amines) is 1. The molecule has 1 saturated heterocycles. The van der Waals surface area contributed by atoms with E-state index in [-0.39, 0.29) is 11.6 Å².